The van der Waals surface area contributed by atoms with Gasteiger partial charge in [-0.05, 0) is 37.3 Å². The Morgan fingerprint density at radius 1 is 1.24 bits per heavy atom. The van der Waals surface area contributed by atoms with E-state index in [0.29, 0.717) is 24.9 Å². The van der Waals surface area contributed by atoms with Crippen molar-refractivity contribution in [3.8, 4) is 11.3 Å². The standard InChI is InChI=1S/C20H21F2N3O4/c21-12-3-4-13(15(22)7-12)18-8-17(24-29-18)19(26)23-16-5-6-25(9-11-1-2-11)10-14(16)20(27)28/h3-4,7-8,11,14,16H,1-2,5-6,9-10H2,(H,23,26)(H,27,28)/t14-,16+/m0/s1. The van der Waals surface area contributed by atoms with E-state index in [2.05, 4.69) is 15.4 Å². The number of carboxylic acid groups (broad SMARTS) is 1. The first-order chi connectivity index (χ1) is 13.9. The minimum absolute atomic E-state index is 0.0123. The van der Waals surface area contributed by atoms with Gasteiger partial charge in [-0.25, -0.2) is 8.78 Å². The number of carbonyl (C=O) groups is 2. The van der Waals surface area contributed by atoms with Gasteiger partial charge in [0, 0.05) is 37.8 Å². The molecule has 0 bridgehead atoms. The molecule has 0 spiro atoms. The lowest BCUT2D eigenvalue weighted by Gasteiger charge is -2.36. The van der Waals surface area contributed by atoms with Crippen molar-refractivity contribution in [3.05, 3.63) is 41.6 Å². The fraction of sp³-hybridized carbons (Fsp3) is 0.450. The van der Waals surface area contributed by atoms with Crippen LogP contribution in [0.3, 0.4) is 0 Å². The highest BCUT2D eigenvalue weighted by molar-refractivity contribution is 5.93. The molecule has 0 unspecified atom stereocenters. The Balaban J connectivity index is 1.43. The van der Waals surface area contributed by atoms with E-state index in [9.17, 15) is 23.5 Å². The molecule has 2 heterocycles. The molecule has 2 atom stereocenters. The van der Waals surface area contributed by atoms with Gasteiger partial charge in [-0.15, -0.1) is 0 Å². The molecule has 29 heavy (non-hydrogen) atoms. The largest absolute Gasteiger partial charge is 0.481 e. The molecule has 1 saturated carbocycles. The number of hydrogen-bond acceptors (Lipinski definition) is 5. The number of nitrogens with zero attached hydrogens (tertiary/aromatic N) is 2. The number of hydrogen-bond donors (Lipinski definition) is 2. The lowest BCUT2D eigenvalue weighted by Crippen LogP contribution is -2.53. The molecule has 1 aliphatic heterocycles. The third-order valence-corrected chi connectivity index (χ3v) is 5.48. The van der Waals surface area contributed by atoms with E-state index in [1.165, 1.54) is 25.0 Å². The van der Waals surface area contributed by atoms with Crippen molar-refractivity contribution in [2.45, 2.75) is 25.3 Å². The Morgan fingerprint density at radius 3 is 2.72 bits per heavy atom. The number of piperidine rings is 1. The second-order valence-electron chi connectivity index (χ2n) is 7.72. The van der Waals surface area contributed by atoms with Gasteiger partial charge in [0.25, 0.3) is 5.91 Å². The van der Waals surface area contributed by atoms with Crippen LogP contribution in [0.4, 0.5) is 8.78 Å². The molecule has 9 heteroatoms. The Hall–Kier alpha value is -2.81. The van der Waals surface area contributed by atoms with Crippen molar-refractivity contribution in [2.75, 3.05) is 19.6 Å². The molecule has 1 aromatic carbocycles. The number of carbonyl (C=O) groups excluding carboxylic acids is 1. The fourth-order valence-corrected chi connectivity index (χ4v) is 3.71. The van der Waals surface area contributed by atoms with Crippen LogP contribution in [0.15, 0.2) is 28.8 Å². The molecular formula is C20H21F2N3O4. The Labute approximate surface area is 165 Å². The summed E-state index contributed by atoms with van der Waals surface area (Å²) in [6.45, 7) is 2.01. The average Bonchev–Trinajstić information content (AvgIpc) is 3.35. The molecule has 1 aromatic heterocycles. The number of aliphatic carboxylic acids is 1. The molecule has 1 saturated heterocycles. The van der Waals surface area contributed by atoms with E-state index < -0.39 is 35.5 Å². The van der Waals surface area contributed by atoms with Crippen LogP contribution < -0.4 is 5.32 Å². The summed E-state index contributed by atoms with van der Waals surface area (Å²) in [5.74, 6) is -3.16. The van der Waals surface area contributed by atoms with E-state index in [4.69, 9.17) is 4.52 Å². The van der Waals surface area contributed by atoms with Crippen LogP contribution in [0.25, 0.3) is 11.3 Å². The van der Waals surface area contributed by atoms with Crippen LogP contribution in [-0.2, 0) is 4.79 Å². The second-order valence-corrected chi connectivity index (χ2v) is 7.72. The highest BCUT2D eigenvalue weighted by Crippen LogP contribution is 2.31. The lowest BCUT2D eigenvalue weighted by atomic mass is 9.91. The van der Waals surface area contributed by atoms with Crippen LogP contribution in [0.2, 0.25) is 0 Å². The van der Waals surface area contributed by atoms with E-state index in [-0.39, 0.29) is 17.0 Å². The van der Waals surface area contributed by atoms with Crippen molar-refractivity contribution < 1.29 is 28.0 Å². The van der Waals surface area contributed by atoms with Crippen LogP contribution >= 0.6 is 0 Å². The monoisotopic (exact) mass is 405 g/mol. The average molecular weight is 405 g/mol. The third kappa shape index (κ3) is 4.45. The predicted octanol–water partition coefficient (Wildman–Crippen LogP) is 2.53. The molecule has 2 aromatic rings. The maximum Gasteiger partial charge on any atom is 0.309 e. The van der Waals surface area contributed by atoms with Gasteiger partial charge in [-0.3, -0.25) is 9.59 Å². The number of nitrogens with one attached hydrogen (secondary N) is 1. The molecule has 4 rings (SSSR count). The zero-order valence-electron chi connectivity index (χ0n) is 15.6. The van der Waals surface area contributed by atoms with Crippen LogP contribution in [0.1, 0.15) is 29.8 Å². The summed E-state index contributed by atoms with van der Waals surface area (Å²) in [6, 6.07) is 3.71. The van der Waals surface area contributed by atoms with Gasteiger partial charge in [0.05, 0.1) is 11.5 Å². The van der Waals surface area contributed by atoms with Crippen molar-refractivity contribution in [1.82, 2.24) is 15.4 Å². The van der Waals surface area contributed by atoms with Crippen LogP contribution in [0, 0.1) is 23.5 Å². The van der Waals surface area contributed by atoms with E-state index in [1.54, 1.807) is 0 Å². The fourth-order valence-electron chi connectivity index (χ4n) is 3.71. The number of benzene rings is 1. The van der Waals surface area contributed by atoms with E-state index >= 15 is 0 Å². The van der Waals surface area contributed by atoms with Crippen molar-refractivity contribution in [3.63, 3.8) is 0 Å². The maximum atomic E-state index is 13.9. The quantitative estimate of drug-likeness (QED) is 0.767. The molecule has 1 amide bonds. The third-order valence-electron chi connectivity index (χ3n) is 5.48. The topological polar surface area (TPSA) is 95.7 Å². The summed E-state index contributed by atoms with van der Waals surface area (Å²) in [7, 11) is 0. The van der Waals surface area contributed by atoms with Gasteiger partial charge in [-0.1, -0.05) is 5.16 Å². The first-order valence-electron chi connectivity index (χ1n) is 9.59. The Kier molecular flexibility index (Phi) is 5.31. The number of rotatable bonds is 6. The molecule has 1 aliphatic carbocycles. The summed E-state index contributed by atoms with van der Waals surface area (Å²) >= 11 is 0. The van der Waals surface area contributed by atoms with E-state index in [1.807, 2.05) is 0 Å². The van der Waals surface area contributed by atoms with E-state index in [0.717, 1.165) is 19.2 Å². The summed E-state index contributed by atoms with van der Waals surface area (Å²) in [5.41, 5.74) is -0.108. The summed E-state index contributed by atoms with van der Waals surface area (Å²) in [5, 5.41) is 16.0. The Morgan fingerprint density at radius 2 is 2.03 bits per heavy atom. The first kappa shape index (κ1) is 19.5. The van der Waals surface area contributed by atoms with Crippen LogP contribution in [-0.4, -0.2) is 52.7 Å². The normalized spacial score (nSPS) is 22.4. The highest BCUT2D eigenvalue weighted by atomic mass is 19.1. The minimum Gasteiger partial charge on any atom is -0.481 e. The van der Waals surface area contributed by atoms with Gasteiger partial charge in [-0.2, -0.15) is 0 Å². The summed E-state index contributed by atoms with van der Waals surface area (Å²) < 4.78 is 32.0. The smallest absolute Gasteiger partial charge is 0.309 e. The molecule has 154 valence electrons. The molecule has 2 N–H and O–H groups in total. The zero-order valence-corrected chi connectivity index (χ0v) is 15.6. The zero-order chi connectivity index (χ0) is 20.5. The number of likely N-dealkylation sites (tertiary alicyclic amines) is 1. The van der Waals surface area contributed by atoms with Crippen molar-refractivity contribution >= 4 is 11.9 Å². The molecule has 2 aliphatic rings. The molecule has 2 fully saturated rings. The van der Waals surface area contributed by atoms with Crippen molar-refractivity contribution in [2.24, 2.45) is 11.8 Å². The SMILES string of the molecule is O=C(N[C@@H]1CCN(CC2CC2)C[C@@H]1C(=O)O)c1cc(-c2ccc(F)cc2F)on1. The number of amides is 1. The van der Waals surface area contributed by atoms with Gasteiger partial charge in [0.15, 0.2) is 11.5 Å². The van der Waals surface area contributed by atoms with Gasteiger partial charge >= 0.3 is 5.97 Å². The lowest BCUT2D eigenvalue weighted by molar-refractivity contribution is -0.144. The maximum absolute atomic E-state index is 13.9. The van der Waals surface area contributed by atoms with Crippen LogP contribution in [0.5, 0.6) is 0 Å². The second kappa shape index (κ2) is 7.90. The minimum atomic E-state index is -0.954. The van der Waals surface area contributed by atoms with Gasteiger partial charge < -0.3 is 19.8 Å². The molecular weight excluding hydrogens is 384 g/mol. The Bertz CT molecular complexity index is 928. The summed E-state index contributed by atoms with van der Waals surface area (Å²) in [6.07, 6.45) is 2.90. The molecule has 0 radical (unpaired) electrons. The molecule has 7 nitrogen and oxygen atoms in total. The van der Waals surface area contributed by atoms with Gasteiger partial charge in [0.1, 0.15) is 11.6 Å². The first-order valence-corrected chi connectivity index (χ1v) is 9.59. The van der Waals surface area contributed by atoms with Crippen molar-refractivity contribution in [1.29, 1.82) is 0 Å². The highest BCUT2D eigenvalue weighted by Gasteiger charge is 2.37. The van der Waals surface area contributed by atoms with Gasteiger partial charge in [0.2, 0.25) is 0 Å². The number of carboxylic acids is 1. The number of halogens is 2. The summed E-state index contributed by atoms with van der Waals surface area (Å²) in [4.78, 5) is 26.4. The predicted molar refractivity (Wildman–Crippen MR) is 98.0 cm³/mol. The number of aromatic nitrogens is 1.